The smallest absolute Gasteiger partial charge is 0.375 e. The van der Waals surface area contributed by atoms with Crippen LogP contribution in [0.4, 0.5) is 36.4 Å². The fraction of sp³-hybridized carbons (Fsp3) is 0.200. The third kappa shape index (κ3) is 8.67. The zero-order valence-electron chi connectivity index (χ0n) is 20.4. The topological polar surface area (TPSA) is 42.0 Å². The van der Waals surface area contributed by atoms with Crippen LogP contribution in [-0.4, -0.2) is 23.5 Å². The number of rotatable bonds is 7. The van der Waals surface area contributed by atoms with Gasteiger partial charge in [-0.1, -0.05) is 105 Å². The van der Waals surface area contributed by atoms with E-state index in [2.05, 4.69) is 10.3 Å². The van der Waals surface area contributed by atoms with Crippen LogP contribution in [-0.2, 0) is 9.97 Å². The Kier molecular flexibility index (Phi) is 11.4. The molecule has 0 saturated heterocycles. The molecule has 0 aliphatic rings. The van der Waals surface area contributed by atoms with Crippen LogP contribution in [0.5, 0.6) is 0 Å². The zero-order chi connectivity index (χ0) is 32.7. The molecule has 3 nitrogen and oxygen atoms in total. The van der Waals surface area contributed by atoms with Gasteiger partial charge in [0.2, 0.25) is 3.79 Å². The molecule has 3 aromatic rings. The first-order valence-corrected chi connectivity index (χ1v) is 14.1. The molecule has 0 radical (unpaired) electrons. The molecule has 0 fully saturated rings. The van der Waals surface area contributed by atoms with Gasteiger partial charge in [0.1, 0.15) is 17.4 Å². The number of Topliss-reactive ketones (excluding diaryl/α,β-unsaturated/α-hetero) is 1. The van der Waals surface area contributed by atoms with Crippen LogP contribution in [0, 0.1) is 0 Å². The Morgan fingerprint density at radius 2 is 1.47 bits per heavy atom. The average molecular weight is 772 g/mol. The number of nitrogens with one attached hydrogen (secondary N) is 1. The van der Waals surface area contributed by atoms with E-state index in [9.17, 15) is 31.1 Å². The number of ketones is 1. The number of aromatic nitrogens is 1. The van der Waals surface area contributed by atoms with Crippen molar-refractivity contribution < 1.29 is 35.5 Å². The van der Waals surface area contributed by atoms with Crippen LogP contribution >= 0.6 is 92.8 Å². The first kappa shape index (κ1) is 36.1. The number of hydrogen-bond acceptors (Lipinski definition) is 3. The largest absolute Gasteiger partial charge is 0.417 e. The highest BCUT2D eigenvalue weighted by molar-refractivity contribution is 6.67. The number of hydrogen-bond donors (Lipinski definition) is 1. The summed E-state index contributed by atoms with van der Waals surface area (Å²) in [4.78, 5) is 16.6. The van der Waals surface area contributed by atoms with Crippen molar-refractivity contribution in [2.75, 3.05) is 11.9 Å². The summed E-state index contributed by atoms with van der Waals surface area (Å²) in [7, 11) is 0. The molecular formula is C25H11Cl8F7N2O. The monoisotopic (exact) mass is 768 g/mol. The minimum atomic E-state index is -5.23. The van der Waals surface area contributed by atoms with Crippen molar-refractivity contribution in [2.45, 2.75) is 22.1 Å². The lowest BCUT2D eigenvalue weighted by Gasteiger charge is -2.19. The fourth-order valence-corrected chi connectivity index (χ4v) is 5.44. The molecule has 1 N–H and O–H groups in total. The van der Waals surface area contributed by atoms with E-state index in [4.69, 9.17) is 92.8 Å². The number of anilines is 1. The van der Waals surface area contributed by atoms with E-state index in [0.29, 0.717) is 12.1 Å². The third-order valence-corrected chi connectivity index (χ3v) is 7.99. The van der Waals surface area contributed by atoms with Crippen LogP contribution in [0.25, 0.3) is 5.83 Å². The Hall–Kier alpha value is -1.37. The van der Waals surface area contributed by atoms with Crippen LogP contribution in [0.1, 0.15) is 38.7 Å². The van der Waals surface area contributed by atoms with Crippen molar-refractivity contribution >= 4 is 110 Å². The van der Waals surface area contributed by atoms with Gasteiger partial charge >= 0.3 is 12.4 Å². The van der Waals surface area contributed by atoms with Gasteiger partial charge < -0.3 is 5.32 Å². The summed E-state index contributed by atoms with van der Waals surface area (Å²) in [5.41, 5.74) is -4.57. The highest BCUT2D eigenvalue weighted by Crippen LogP contribution is 2.45. The minimum Gasteiger partial charge on any atom is -0.375 e. The molecule has 232 valence electrons. The van der Waals surface area contributed by atoms with Crippen molar-refractivity contribution in [1.29, 1.82) is 0 Å². The van der Waals surface area contributed by atoms with Crippen molar-refractivity contribution in [3.8, 4) is 0 Å². The third-order valence-electron chi connectivity index (χ3n) is 5.60. The van der Waals surface area contributed by atoms with E-state index >= 15 is 4.39 Å². The molecule has 18 heteroatoms. The molecule has 0 saturated carbocycles. The number of carbonyl (C=O) groups is 1. The highest BCUT2D eigenvalue weighted by atomic mass is 35.6. The maximum absolute atomic E-state index is 15.1. The van der Waals surface area contributed by atoms with Crippen molar-refractivity contribution in [1.82, 2.24) is 4.98 Å². The Labute approximate surface area is 278 Å². The van der Waals surface area contributed by atoms with Crippen molar-refractivity contribution in [2.24, 2.45) is 0 Å². The number of carbonyl (C=O) groups excluding carboxylic acids is 1. The molecule has 0 aliphatic heterocycles. The summed E-state index contributed by atoms with van der Waals surface area (Å²) in [6, 6.07) is 3.10. The van der Waals surface area contributed by atoms with Crippen LogP contribution in [0.3, 0.4) is 0 Å². The second-order valence-corrected chi connectivity index (χ2v) is 12.8. The van der Waals surface area contributed by atoms with Gasteiger partial charge in [-0.25, -0.2) is 4.39 Å². The molecule has 2 aromatic carbocycles. The second-order valence-electron chi connectivity index (χ2n) is 8.51. The maximum Gasteiger partial charge on any atom is 0.417 e. The van der Waals surface area contributed by atoms with E-state index < -0.39 is 62.5 Å². The number of benzene rings is 2. The number of halogens is 15. The van der Waals surface area contributed by atoms with E-state index in [-0.39, 0.29) is 48.6 Å². The molecule has 1 aromatic heterocycles. The fourth-order valence-electron chi connectivity index (χ4n) is 3.64. The number of nitrogens with zero attached hydrogens (tertiary/aromatic N) is 1. The molecule has 0 spiro atoms. The first-order chi connectivity index (χ1) is 19.6. The van der Waals surface area contributed by atoms with E-state index in [1.165, 1.54) is 0 Å². The molecule has 3 rings (SSSR count). The molecule has 43 heavy (non-hydrogen) atoms. The van der Waals surface area contributed by atoms with Gasteiger partial charge in [0.15, 0.2) is 5.78 Å². The molecule has 1 unspecified atom stereocenters. The highest BCUT2D eigenvalue weighted by Gasteiger charge is 2.41. The summed E-state index contributed by atoms with van der Waals surface area (Å²) in [5, 5.41) is 0.973. The minimum absolute atomic E-state index is 0.0457. The first-order valence-electron chi connectivity index (χ1n) is 11.1. The lowest BCUT2D eigenvalue weighted by molar-refractivity contribution is -0.140. The zero-order valence-corrected chi connectivity index (χ0v) is 26.4. The molecular weight excluding hydrogens is 761 g/mol. The quantitative estimate of drug-likeness (QED) is 0.113. The summed E-state index contributed by atoms with van der Waals surface area (Å²) < 4.78 is 96.4. The summed E-state index contributed by atoms with van der Waals surface area (Å²) >= 11 is 46.8. The van der Waals surface area contributed by atoms with Crippen LogP contribution in [0.2, 0.25) is 25.1 Å². The molecule has 0 amide bonds. The van der Waals surface area contributed by atoms with E-state index in [0.717, 1.165) is 18.3 Å². The van der Waals surface area contributed by atoms with Gasteiger partial charge in [-0.3, -0.25) is 9.78 Å². The molecule has 0 aliphatic carbocycles. The number of alkyl halides is 9. The predicted octanol–water partition coefficient (Wildman–Crippen LogP) is 12.1. The Morgan fingerprint density at radius 3 is 1.98 bits per heavy atom. The summed E-state index contributed by atoms with van der Waals surface area (Å²) in [6.45, 7) is -0.836. The van der Waals surface area contributed by atoms with Crippen LogP contribution < -0.4 is 5.32 Å². The molecule has 1 atom stereocenters. The standard InChI is InChI=1S/C25H11Cl8F7N2O/c26-14-4-10(5-15(27)19(14)29)12(24(35,36)37)6-17(34)9-1-2-11(13(3-9)25(38,39)40)18(43)8-41-21-16(28)7-42-22(20(21)30)23(31,32)33/h1-7,12H,8H2,(H,41,42)/b17-6-. The lowest BCUT2D eigenvalue weighted by atomic mass is 9.95. The number of allylic oxidation sites excluding steroid dienone is 1. The van der Waals surface area contributed by atoms with Crippen LogP contribution in [0.15, 0.2) is 42.6 Å². The summed E-state index contributed by atoms with van der Waals surface area (Å²) in [5.74, 6) is -5.53. The van der Waals surface area contributed by atoms with E-state index in [1.807, 2.05) is 0 Å². The predicted molar refractivity (Wildman–Crippen MR) is 157 cm³/mol. The van der Waals surface area contributed by atoms with Gasteiger partial charge in [-0.15, -0.1) is 0 Å². The second kappa shape index (κ2) is 13.5. The molecule has 0 bridgehead atoms. The lowest BCUT2D eigenvalue weighted by Crippen LogP contribution is -2.20. The Balaban J connectivity index is 2.00. The van der Waals surface area contributed by atoms with Gasteiger partial charge in [-0.2, -0.15) is 26.3 Å². The van der Waals surface area contributed by atoms with Crippen molar-refractivity contribution in [3.63, 3.8) is 0 Å². The molecule has 1 heterocycles. The Bertz CT molecular complexity index is 1560. The van der Waals surface area contributed by atoms with E-state index in [1.54, 1.807) is 0 Å². The van der Waals surface area contributed by atoms with Gasteiger partial charge in [0.05, 0.1) is 42.9 Å². The number of pyridine rings is 1. The normalized spacial score (nSPS) is 13.7. The average Bonchev–Trinajstić information content (AvgIpc) is 2.87. The van der Waals surface area contributed by atoms with Crippen molar-refractivity contribution in [3.05, 3.63) is 95.7 Å². The van der Waals surface area contributed by atoms with Gasteiger partial charge in [0.25, 0.3) is 0 Å². The summed E-state index contributed by atoms with van der Waals surface area (Å²) in [6.07, 6.45) is -9.28. The maximum atomic E-state index is 15.1. The van der Waals surface area contributed by atoms with Gasteiger partial charge in [0, 0.05) is 17.3 Å². The Morgan fingerprint density at radius 1 is 0.884 bits per heavy atom. The SMILES string of the molecule is O=C(CNc1c(Cl)cnc(C(Cl)(Cl)Cl)c1Cl)c1ccc(/C(F)=C/C(c2cc(Cl)c(Cl)c(Cl)c2)C(F)(F)F)cc1C(F)(F)F. The van der Waals surface area contributed by atoms with Gasteiger partial charge in [-0.05, 0) is 29.8 Å².